The molecule has 0 fully saturated rings. The summed E-state index contributed by atoms with van der Waals surface area (Å²) < 4.78 is 0. The van der Waals surface area contributed by atoms with Gasteiger partial charge in [-0.1, -0.05) is 0 Å². The third-order valence-electron chi connectivity index (χ3n) is 0. The van der Waals surface area contributed by atoms with Crippen molar-refractivity contribution >= 4 is 29.8 Å². The van der Waals surface area contributed by atoms with Crippen molar-refractivity contribution in [1.29, 1.82) is 0 Å². The average molecular weight is 448 g/mol. The molecular formula is C10H15CuO10Y. The predicted octanol–water partition coefficient (Wildman–Crippen LogP) is -6.22. The minimum Gasteiger partial charge on any atom is -0.550 e. The van der Waals surface area contributed by atoms with Gasteiger partial charge in [0.2, 0.25) is 0 Å². The van der Waals surface area contributed by atoms with E-state index >= 15 is 0 Å². The molecule has 0 aromatic rings. The van der Waals surface area contributed by atoms with Crippen LogP contribution < -0.4 is 25.5 Å². The number of carboxylic acids is 5. The Morgan fingerprint density at radius 1 is 0.455 bits per heavy atom. The molecule has 0 aromatic carbocycles. The predicted molar refractivity (Wildman–Crippen MR) is 53.4 cm³/mol. The zero-order valence-corrected chi connectivity index (χ0v) is 16.2. The molecule has 0 atom stereocenters. The maximum Gasteiger partial charge on any atom is 3.00 e. The molecule has 0 aliphatic heterocycles. The van der Waals surface area contributed by atoms with Crippen LogP contribution in [0.15, 0.2) is 0 Å². The molecule has 0 aromatic heterocycles. The van der Waals surface area contributed by atoms with Crippen molar-refractivity contribution in [2.24, 2.45) is 0 Å². The Morgan fingerprint density at radius 2 is 0.455 bits per heavy atom. The number of carboxylic acid groups (broad SMARTS) is 5. The molecule has 0 aliphatic rings. The number of carbonyl (C=O) groups excluding carboxylic acids is 5. The number of rotatable bonds is 0. The van der Waals surface area contributed by atoms with E-state index in [1.165, 1.54) is 0 Å². The molecule has 22 heavy (non-hydrogen) atoms. The van der Waals surface area contributed by atoms with Gasteiger partial charge >= 0.3 is 49.8 Å². The van der Waals surface area contributed by atoms with Crippen LogP contribution in [0.25, 0.3) is 0 Å². The van der Waals surface area contributed by atoms with Gasteiger partial charge in [-0.25, -0.2) is 0 Å². The van der Waals surface area contributed by atoms with Crippen molar-refractivity contribution in [1.82, 2.24) is 0 Å². The van der Waals surface area contributed by atoms with E-state index in [0.29, 0.717) is 0 Å². The maximum atomic E-state index is 8.89. The van der Waals surface area contributed by atoms with Crippen molar-refractivity contribution in [2.75, 3.05) is 0 Å². The first-order valence-corrected chi connectivity index (χ1v) is 4.54. The van der Waals surface area contributed by atoms with Crippen LogP contribution in [0, 0.1) is 0 Å². The second-order valence-electron chi connectivity index (χ2n) is 2.46. The first-order chi connectivity index (χ1) is 8.66. The molecule has 1 radical (unpaired) electrons. The zero-order valence-electron chi connectivity index (χ0n) is 12.5. The molecule has 0 bridgehead atoms. The fraction of sp³-hybridized carbons (Fsp3) is 0.500. The van der Waals surface area contributed by atoms with E-state index in [0.717, 1.165) is 34.6 Å². The van der Waals surface area contributed by atoms with Crippen molar-refractivity contribution in [2.45, 2.75) is 34.6 Å². The Morgan fingerprint density at radius 3 is 0.455 bits per heavy atom. The van der Waals surface area contributed by atoms with Gasteiger partial charge in [-0.3, -0.25) is 0 Å². The topological polar surface area (TPSA) is 201 Å². The first-order valence-electron chi connectivity index (χ1n) is 4.54. The van der Waals surface area contributed by atoms with Crippen LogP contribution in [-0.2, 0) is 73.8 Å². The third-order valence-corrected chi connectivity index (χ3v) is 0. The second kappa shape index (κ2) is 36.8. The number of aliphatic carboxylic acids is 5. The molecule has 0 saturated carbocycles. The van der Waals surface area contributed by atoms with Gasteiger partial charge in [0.05, 0.1) is 0 Å². The Bertz CT molecular complexity index is 216. The van der Waals surface area contributed by atoms with Gasteiger partial charge < -0.3 is 49.5 Å². The van der Waals surface area contributed by atoms with Gasteiger partial charge in [0.15, 0.2) is 0 Å². The molecule has 0 N–H and O–H groups in total. The minimum absolute atomic E-state index is 0. The van der Waals surface area contributed by atoms with Crippen LogP contribution in [0.4, 0.5) is 0 Å². The summed E-state index contributed by atoms with van der Waals surface area (Å²) in [5.74, 6) is -5.42. The van der Waals surface area contributed by atoms with Crippen molar-refractivity contribution in [3.05, 3.63) is 0 Å². The number of carbonyl (C=O) groups is 5. The van der Waals surface area contributed by atoms with Crippen molar-refractivity contribution in [3.8, 4) is 0 Å². The molecule has 0 saturated heterocycles. The molecule has 0 heterocycles. The standard InChI is InChI=1S/5C2H4O2.Cu.Y/c5*1-2(3)4;;/h5*1H3,(H,3,4);;/q;;;;;+2;+3/p-5. The average Bonchev–Trinajstić information content (AvgIpc) is 1.94. The van der Waals surface area contributed by atoms with Crippen LogP contribution >= 0.6 is 0 Å². The summed E-state index contributed by atoms with van der Waals surface area (Å²) in [7, 11) is 0. The molecule has 129 valence electrons. The molecule has 10 nitrogen and oxygen atoms in total. The van der Waals surface area contributed by atoms with Gasteiger partial charge in [-0.15, -0.1) is 0 Å². The quantitative estimate of drug-likeness (QED) is 0.321. The van der Waals surface area contributed by atoms with Gasteiger partial charge in [0.1, 0.15) is 0 Å². The summed E-state index contributed by atoms with van der Waals surface area (Å²) in [6.45, 7) is 4.86. The van der Waals surface area contributed by atoms with E-state index in [4.69, 9.17) is 49.5 Å². The summed E-state index contributed by atoms with van der Waals surface area (Å²) in [6.07, 6.45) is 0. The summed E-state index contributed by atoms with van der Waals surface area (Å²) in [5, 5.41) is 44.4. The molecule has 0 amide bonds. The summed E-state index contributed by atoms with van der Waals surface area (Å²) in [5.41, 5.74) is 0. The monoisotopic (exact) mass is 447 g/mol. The minimum atomic E-state index is -1.08. The van der Waals surface area contributed by atoms with E-state index in [-0.39, 0.29) is 49.8 Å². The van der Waals surface area contributed by atoms with Crippen LogP contribution in [0.3, 0.4) is 0 Å². The summed E-state index contributed by atoms with van der Waals surface area (Å²) in [6, 6.07) is 0. The van der Waals surface area contributed by atoms with Gasteiger partial charge in [0, 0.05) is 29.8 Å². The molecule has 0 rings (SSSR count). The molecule has 0 unspecified atom stereocenters. The third kappa shape index (κ3) is 5820. The second-order valence-corrected chi connectivity index (χ2v) is 2.46. The first kappa shape index (κ1) is 42.9. The van der Waals surface area contributed by atoms with Gasteiger partial charge in [0.25, 0.3) is 0 Å². The molecule has 0 spiro atoms. The van der Waals surface area contributed by atoms with E-state index in [2.05, 4.69) is 0 Å². The van der Waals surface area contributed by atoms with Crippen LogP contribution in [0.5, 0.6) is 0 Å². The number of hydrogen-bond donors (Lipinski definition) is 0. The molecule has 0 aliphatic carbocycles. The molecule has 12 heteroatoms. The van der Waals surface area contributed by atoms with Crippen LogP contribution in [-0.4, -0.2) is 29.8 Å². The summed E-state index contributed by atoms with van der Waals surface area (Å²) in [4.78, 5) is 44.4. The fourth-order valence-corrected chi connectivity index (χ4v) is 0. The van der Waals surface area contributed by atoms with Crippen LogP contribution in [0.1, 0.15) is 34.6 Å². The van der Waals surface area contributed by atoms with Crippen molar-refractivity contribution in [3.63, 3.8) is 0 Å². The van der Waals surface area contributed by atoms with E-state index < -0.39 is 29.8 Å². The van der Waals surface area contributed by atoms with E-state index in [9.17, 15) is 0 Å². The largest absolute Gasteiger partial charge is 3.00 e. The SMILES string of the molecule is CC(=O)[O-].CC(=O)[O-].CC(=O)[O-].CC(=O)[O-].CC(=O)[O-].[Cu+2].[Y+3]. The normalized spacial score (nSPS) is 5.68. The van der Waals surface area contributed by atoms with Crippen molar-refractivity contribution < 1.29 is 99.3 Å². The zero-order chi connectivity index (χ0) is 17.9. The maximum absolute atomic E-state index is 8.89. The fourth-order valence-electron chi connectivity index (χ4n) is 0. The smallest absolute Gasteiger partial charge is 0.550 e. The Balaban J connectivity index is -0.0000000250. The van der Waals surface area contributed by atoms with Gasteiger partial charge in [-0.05, 0) is 34.6 Å². The Hall–Kier alpha value is -1.03. The number of hydrogen-bond acceptors (Lipinski definition) is 10. The Labute approximate surface area is 163 Å². The van der Waals surface area contributed by atoms with Crippen LogP contribution in [0.2, 0.25) is 0 Å². The Kier molecular flexibility index (Phi) is 71.7. The summed E-state index contributed by atoms with van der Waals surface area (Å²) >= 11 is 0. The van der Waals surface area contributed by atoms with Gasteiger partial charge in [-0.2, -0.15) is 0 Å². The molecular weight excluding hydrogens is 433 g/mol. The van der Waals surface area contributed by atoms with E-state index in [1.807, 2.05) is 0 Å². The van der Waals surface area contributed by atoms with E-state index in [1.54, 1.807) is 0 Å².